The lowest BCUT2D eigenvalue weighted by Gasteiger charge is -2.34. The zero-order valence-electron chi connectivity index (χ0n) is 13.5. The number of rotatable bonds is 4. The van der Waals surface area contributed by atoms with Crippen molar-refractivity contribution in [3.8, 4) is 0 Å². The van der Waals surface area contributed by atoms with Crippen molar-refractivity contribution in [2.75, 3.05) is 19.6 Å². The molecule has 0 saturated carbocycles. The van der Waals surface area contributed by atoms with Crippen LogP contribution in [0.25, 0.3) is 0 Å². The minimum atomic E-state index is -3.95. The van der Waals surface area contributed by atoms with Gasteiger partial charge in [0.2, 0.25) is 10.0 Å². The molecule has 1 saturated heterocycles. The van der Waals surface area contributed by atoms with E-state index >= 15 is 0 Å². The van der Waals surface area contributed by atoms with Crippen molar-refractivity contribution in [3.63, 3.8) is 0 Å². The molecule has 2 N–H and O–H groups in total. The summed E-state index contributed by atoms with van der Waals surface area (Å²) in [6.07, 6.45) is 2.79. The van der Waals surface area contributed by atoms with Gasteiger partial charge in [0, 0.05) is 26.8 Å². The van der Waals surface area contributed by atoms with Gasteiger partial charge in [0.05, 0.1) is 0 Å². The van der Waals surface area contributed by atoms with Crippen molar-refractivity contribution in [2.24, 2.45) is 19.5 Å². The van der Waals surface area contributed by atoms with Crippen LogP contribution in [0.1, 0.15) is 19.8 Å². The predicted octanol–water partition coefficient (Wildman–Crippen LogP) is -0.826. The monoisotopic (exact) mass is 366 g/mol. The summed E-state index contributed by atoms with van der Waals surface area (Å²) in [5, 5.41) is 3.23. The van der Waals surface area contributed by atoms with Crippen LogP contribution in [0.3, 0.4) is 0 Å². The quantitative estimate of drug-likeness (QED) is 0.724. The maximum absolute atomic E-state index is 12.4. The summed E-state index contributed by atoms with van der Waals surface area (Å²) < 4.78 is 29.2. The normalized spacial score (nSPS) is 17.5. The molecule has 0 radical (unpaired) electrons. The van der Waals surface area contributed by atoms with E-state index in [0.29, 0.717) is 0 Å². The van der Waals surface area contributed by atoms with Crippen LogP contribution >= 0.6 is 12.4 Å². The van der Waals surface area contributed by atoms with Crippen molar-refractivity contribution in [3.05, 3.63) is 27.0 Å². The summed E-state index contributed by atoms with van der Waals surface area (Å²) >= 11 is 0. The third-order valence-electron chi connectivity index (χ3n) is 4.20. The molecule has 1 aromatic rings. The van der Waals surface area contributed by atoms with Crippen LogP contribution in [0.4, 0.5) is 0 Å². The average Bonchev–Trinajstić information content (AvgIpc) is 2.48. The SMILES string of the molecule is Cl.Cn1cc(S(=O)(=O)NCC2(C)CCNCC2)c(=O)n(C)c1=O. The van der Waals surface area contributed by atoms with Crippen LogP contribution in [0.15, 0.2) is 20.7 Å². The largest absolute Gasteiger partial charge is 0.330 e. The van der Waals surface area contributed by atoms with Gasteiger partial charge in [-0.2, -0.15) is 0 Å². The molecule has 0 amide bonds. The Bertz CT molecular complexity index is 778. The van der Waals surface area contributed by atoms with Crippen LogP contribution in [-0.2, 0) is 24.1 Å². The Balaban J connectivity index is 0.00000264. The molecule has 1 fully saturated rings. The molecule has 1 aromatic heterocycles. The summed E-state index contributed by atoms with van der Waals surface area (Å²) in [5.74, 6) is 0. The third kappa shape index (κ3) is 4.23. The predicted molar refractivity (Wildman–Crippen MR) is 89.6 cm³/mol. The molecule has 0 unspecified atom stereocenters. The molecule has 8 nitrogen and oxygen atoms in total. The van der Waals surface area contributed by atoms with Gasteiger partial charge in [0.25, 0.3) is 5.56 Å². The zero-order chi connectivity index (χ0) is 16.5. The van der Waals surface area contributed by atoms with E-state index in [2.05, 4.69) is 10.0 Å². The highest BCUT2D eigenvalue weighted by Crippen LogP contribution is 2.27. The summed E-state index contributed by atoms with van der Waals surface area (Å²) in [5.41, 5.74) is -1.51. The fourth-order valence-corrected chi connectivity index (χ4v) is 3.87. The third-order valence-corrected chi connectivity index (χ3v) is 5.59. The van der Waals surface area contributed by atoms with Crippen LogP contribution in [0, 0.1) is 5.41 Å². The number of sulfonamides is 1. The second kappa shape index (κ2) is 7.16. The Morgan fingerprint density at radius 3 is 2.39 bits per heavy atom. The number of aromatic nitrogens is 2. The zero-order valence-corrected chi connectivity index (χ0v) is 15.1. The first-order valence-corrected chi connectivity index (χ1v) is 8.62. The number of halogens is 1. The van der Waals surface area contributed by atoms with Gasteiger partial charge in [-0.25, -0.2) is 17.9 Å². The summed E-state index contributed by atoms with van der Waals surface area (Å²) in [6, 6.07) is 0. The molecule has 2 heterocycles. The Labute approximate surface area is 141 Å². The minimum absolute atomic E-state index is 0. The number of nitrogens with one attached hydrogen (secondary N) is 2. The van der Waals surface area contributed by atoms with E-state index in [1.54, 1.807) is 0 Å². The lowest BCUT2D eigenvalue weighted by atomic mass is 9.81. The molecular formula is C13H23ClN4O4S. The van der Waals surface area contributed by atoms with Crippen LogP contribution in [0.5, 0.6) is 0 Å². The van der Waals surface area contributed by atoms with Gasteiger partial charge in [-0.05, 0) is 31.3 Å². The van der Waals surface area contributed by atoms with Crippen molar-refractivity contribution in [1.29, 1.82) is 0 Å². The standard InChI is InChI=1S/C13H22N4O4S.ClH/c1-13(4-6-14-7-5-13)9-15-22(20,21)10-8-16(2)12(19)17(3)11(10)18;/h8,14-15H,4-7,9H2,1-3H3;1H. The molecular weight excluding hydrogens is 344 g/mol. The van der Waals surface area contributed by atoms with E-state index in [1.807, 2.05) is 6.92 Å². The number of hydrogen-bond donors (Lipinski definition) is 2. The smallest absolute Gasteiger partial charge is 0.317 e. The molecule has 0 atom stereocenters. The highest BCUT2D eigenvalue weighted by atomic mass is 35.5. The summed E-state index contributed by atoms with van der Waals surface area (Å²) in [7, 11) is -1.28. The van der Waals surface area contributed by atoms with Crippen LogP contribution < -0.4 is 21.3 Å². The maximum Gasteiger partial charge on any atom is 0.330 e. The van der Waals surface area contributed by atoms with Gasteiger partial charge in [0.15, 0.2) is 4.90 Å². The van der Waals surface area contributed by atoms with Gasteiger partial charge >= 0.3 is 5.69 Å². The van der Waals surface area contributed by atoms with Gasteiger partial charge in [-0.3, -0.25) is 9.36 Å². The molecule has 0 aromatic carbocycles. The van der Waals surface area contributed by atoms with E-state index in [-0.39, 0.29) is 24.4 Å². The Morgan fingerprint density at radius 2 is 1.83 bits per heavy atom. The van der Waals surface area contributed by atoms with Gasteiger partial charge < -0.3 is 9.88 Å². The molecule has 0 bridgehead atoms. The lowest BCUT2D eigenvalue weighted by molar-refractivity contribution is 0.232. The molecule has 10 heteroatoms. The van der Waals surface area contributed by atoms with Gasteiger partial charge in [-0.1, -0.05) is 6.92 Å². The Morgan fingerprint density at radius 1 is 1.26 bits per heavy atom. The van der Waals surface area contributed by atoms with Crippen LogP contribution in [0.2, 0.25) is 0 Å². The Kier molecular flexibility index (Phi) is 6.19. The highest BCUT2D eigenvalue weighted by Gasteiger charge is 2.30. The summed E-state index contributed by atoms with van der Waals surface area (Å²) in [4.78, 5) is 23.3. The van der Waals surface area contributed by atoms with Crippen LogP contribution in [-0.4, -0.2) is 37.2 Å². The molecule has 1 aliphatic rings. The molecule has 2 rings (SSSR count). The summed E-state index contributed by atoms with van der Waals surface area (Å²) in [6.45, 7) is 3.98. The fourth-order valence-electron chi connectivity index (χ4n) is 2.51. The lowest BCUT2D eigenvalue weighted by Crippen LogP contribution is -2.45. The minimum Gasteiger partial charge on any atom is -0.317 e. The van der Waals surface area contributed by atoms with E-state index in [9.17, 15) is 18.0 Å². The average molecular weight is 367 g/mol. The van der Waals surface area contributed by atoms with E-state index < -0.39 is 26.2 Å². The fraction of sp³-hybridized carbons (Fsp3) is 0.692. The highest BCUT2D eigenvalue weighted by molar-refractivity contribution is 7.89. The van der Waals surface area contributed by atoms with Crippen molar-refractivity contribution < 1.29 is 8.42 Å². The Hall–Kier alpha value is -1.16. The first-order valence-electron chi connectivity index (χ1n) is 7.13. The van der Waals surface area contributed by atoms with E-state index in [0.717, 1.165) is 41.3 Å². The van der Waals surface area contributed by atoms with E-state index in [1.165, 1.54) is 14.1 Å². The molecule has 23 heavy (non-hydrogen) atoms. The second-order valence-corrected chi connectivity index (χ2v) is 7.87. The first kappa shape index (κ1) is 19.9. The maximum atomic E-state index is 12.4. The number of piperidine rings is 1. The topological polar surface area (TPSA) is 102 Å². The van der Waals surface area contributed by atoms with Crippen molar-refractivity contribution in [2.45, 2.75) is 24.7 Å². The molecule has 1 aliphatic heterocycles. The van der Waals surface area contributed by atoms with Crippen molar-refractivity contribution in [1.82, 2.24) is 19.2 Å². The second-order valence-electron chi connectivity index (χ2n) is 6.14. The van der Waals surface area contributed by atoms with Crippen molar-refractivity contribution >= 4 is 22.4 Å². The first-order chi connectivity index (χ1) is 10.2. The van der Waals surface area contributed by atoms with E-state index in [4.69, 9.17) is 0 Å². The molecule has 0 aliphatic carbocycles. The van der Waals surface area contributed by atoms with Gasteiger partial charge in [-0.15, -0.1) is 12.4 Å². The number of nitrogens with zero attached hydrogens (tertiary/aromatic N) is 2. The number of aryl methyl sites for hydroxylation is 1. The van der Waals surface area contributed by atoms with Gasteiger partial charge in [0.1, 0.15) is 0 Å². The molecule has 132 valence electrons. The molecule has 0 spiro atoms. The number of hydrogen-bond acceptors (Lipinski definition) is 5.